The van der Waals surface area contributed by atoms with Crippen molar-refractivity contribution in [2.45, 2.75) is 37.8 Å². The highest BCUT2D eigenvalue weighted by atomic mass is 16.3. The number of aryl methyl sites for hydroxylation is 1. The van der Waals surface area contributed by atoms with E-state index in [9.17, 15) is 4.79 Å². The average Bonchev–Trinajstić information content (AvgIpc) is 3.32. The Balaban J connectivity index is 1.42. The first kappa shape index (κ1) is 15.4. The predicted octanol–water partition coefficient (Wildman–Crippen LogP) is 2.28. The van der Waals surface area contributed by atoms with Crippen LogP contribution in [0.15, 0.2) is 35.3 Å². The molecule has 0 N–H and O–H groups in total. The van der Waals surface area contributed by atoms with Crippen LogP contribution in [0.5, 0.6) is 0 Å². The Morgan fingerprint density at radius 1 is 1.25 bits per heavy atom. The summed E-state index contributed by atoms with van der Waals surface area (Å²) in [4.78, 5) is 17.0. The normalized spacial score (nSPS) is 20.8. The lowest BCUT2D eigenvalue weighted by Crippen LogP contribution is -2.52. The molecule has 4 heterocycles. The Hall–Kier alpha value is -2.08. The van der Waals surface area contributed by atoms with Crippen LogP contribution in [0.3, 0.4) is 0 Å². The van der Waals surface area contributed by atoms with Crippen molar-refractivity contribution in [1.82, 2.24) is 19.6 Å². The summed E-state index contributed by atoms with van der Waals surface area (Å²) in [5.41, 5.74) is 2.03. The van der Waals surface area contributed by atoms with E-state index in [0.29, 0.717) is 5.56 Å². The number of carbonyl (C=O) groups excluding carboxylic acids is 1. The van der Waals surface area contributed by atoms with Crippen LogP contribution in [0.25, 0.3) is 0 Å². The van der Waals surface area contributed by atoms with Crippen molar-refractivity contribution in [2.75, 3.05) is 19.6 Å². The fraction of sp³-hybridized carbons (Fsp3) is 0.556. The molecule has 0 radical (unpaired) electrons. The van der Waals surface area contributed by atoms with Crippen LogP contribution in [0.1, 0.15) is 41.7 Å². The lowest BCUT2D eigenvalue weighted by atomic mass is 9.84. The maximum Gasteiger partial charge on any atom is 0.257 e. The van der Waals surface area contributed by atoms with Crippen LogP contribution >= 0.6 is 0 Å². The minimum Gasteiger partial charge on any atom is -0.472 e. The third-order valence-corrected chi connectivity index (χ3v) is 5.61. The number of hydrogen-bond acceptors (Lipinski definition) is 4. The van der Waals surface area contributed by atoms with Crippen molar-refractivity contribution in [1.29, 1.82) is 0 Å². The van der Waals surface area contributed by atoms with E-state index in [2.05, 4.69) is 16.1 Å². The number of nitrogens with zero attached hydrogens (tertiary/aromatic N) is 4. The van der Waals surface area contributed by atoms with Crippen LogP contribution in [-0.2, 0) is 13.6 Å². The first-order valence-corrected chi connectivity index (χ1v) is 8.71. The smallest absolute Gasteiger partial charge is 0.257 e. The molecule has 0 unspecified atom stereocenters. The Bertz CT molecular complexity index is 698. The molecule has 128 valence electrons. The molecule has 1 spiro atoms. The highest BCUT2D eigenvalue weighted by Crippen LogP contribution is 2.39. The molecule has 6 nitrogen and oxygen atoms in total. The van der Waals surface area contributed by atoms with E-state index in [0.717, 1.165) is 44.7 Å². The summed E-state index contributed by atoms with van der Waals surface area (Å²) in [7, 11) is 1.96. The van der Waals surface area contributed by atoms with Gasteiger partial charge in [0.2, 0.25) is 0 Å². The van der Waals surface area contributed by atoms with Gasteiger partial charge < -0.3 is 9.32 Å². The predicted molar refractivity (Wildman–Crippen MR) is 89.4 cm³/mol. The molecular formula is C18H24N4O2. The van der Waals surface area contributed by atoms with E-state index < -0.39 is 0 Å². The van der Waals surface area contributed by atoms with Crippen molar-refractivity contribution in [2.24, 2.45) is 7.05 Å². The van der Waals surface area contributed by atoms with Gasteiger partial charge in [-0.15, -0.1) is 0 Å². The third kappa shape index (κ3) is 2.75. The van der Waals surface area contributed by atoms with Crippen molar-refractivity contribution < 1.29 is 9.21 Å². The largest absolute Gasteiger partial charge is 0.472 e. The molecule has 0 bridgehead atoms. The SMILES string of the molecule is Cn1ccc(CN2CCCC23CCN(C(=O)c2ccoc2)CC3)n1. The van der Waals surface area contributed by atoms with Gasteiger partial charge in [0.15, 0.2) is 0 Å². The van der Waals surface area contributed by atoms with Gasteiger partial charge in [-0.3, -0.25) is 14.4 Å². The molecule has 2 aromatic rings. The monoisotopic (exact) mass is 328 g/mol. The summed E-state index contributed by atoms with van der Waals surface area (Å²) in [6, 6.07) is 3.85. The number of piperidine rings is 1. The van der Waals surface area contributed by atoms with E-state index in [1.54, 1.807) is 12.3 Å². The van der Waals surface area contributed by atoms with Gasteiger partial charge >= 0.3 is 0 Å². The number of hydrogen-bond donors (Lipinski definition) is 0. The van der Waals surface area contributed by atoms with Crippen molar-refractivity contribution in [3.63, 3.8) is 0 Å². The number of aromatic nitrogens is 2. The molecule has 0 aliphatic carbocycles. The minimum absolute atomic E-state index is 0.0906. The number of carbonyl (C=O) groups is 1. The molecule has 1 amide bonds. The van der Waals surface area contributed by atoms with E-state index in [1.807, 2.05) is 22.8 Å². The fourth-order valence-electron chi connectivity index (χ4n) is 4.25. The first-order chi connectivity index (χ1) is 11.7. The van der Waals surface area contributed by atoms with E-state index in [-0.39, 0.29) is 11.4 Å². The summed E-state index contributed by atoms with van der Waals surface area (Å²) in [5.74, 6) is 0.0906. The summed E-state index contributed by atoms with van der Waals surface area (Å²) in [5, 5.41) is 4.53. The number of furan rings is 1. The van der Waals surface area contributed by atoms with Crippen LogP contribution < -0.4 is 0 Å². The van der Waals surface area contributed by atoms with Gasteiger partial charge in [-0.25, -0.2) is 0 Å². The zero-order valence-corrected chi connectivity index (χ0v) is 14.1. The van der Waals surface area contributed by atoms with Crippen LogP contribution in [0.4, 0.5) is 0 Å². The summed E-state index contributed by atoms with van der Waals surface area (Å²) < 4.78 is 6.91. The van der Waals surface area contributed by atoms with Crippen molar-refractivity contribution in [3.8, 4) is 0 Å². The minimum atomic E-state index is 0.0906. The molecule has 24 heavy (non-hydrogen) atoms. The lowest BCUT2D eigenvalue weighted by Gasteiger charge is -2.45. The van der Waals surface area contributed by atoms with E-state index in [1.165, 1.54) is 19.1 Å². The molecule has 6 heteroatoms. The second kappa shape index (κ2) is 6.09. The Kier molecular flexibility index (Phi) is 3.92. The van der Waals surface area contributed by atoms with Crippen LogP contribution in [0, 0.1) is 0 Å². The molecule has 0 aromatic carbocycles. The van der Waals surface area contributed by atoms with Crippen LogP contribution in [0.2, 0.25) is 0 Å². The van der Waals surface area contributed by atoms with Crippen molar-refractivity contribution in [3.05, 3.63) is 42.1 Å². The zero-order valence-electron chi connectivity index (χ0n) is 14.1. The molecule has 0 atom stereocenters. The Morgan fingerprint density at radius 2 is 2.08 bits per heavy atom. The molecule has 2 aliphatic heterocycles. The fourth-order valence-corrected chi connectivity index (χ4v) is 4.25. The highest BCUT2D eigenvalue weighted by molar-refractivity contribution is 5.93. The maximum absolute atomic E-state index is 12.5. The van der Waals surface area contributed by atoms with Crippen LogP contribution in [-0.4, -0.2) is 50.7 Å². The lowest BCUT2D eigenvalue weighted by molar-refractivity contribution is 0.0378. The van der Waals surface area contributed by atoms with E-state index in [4.69, 9.17) is 4.42 Å². The Labute approximate surface area is 142 Å². The molecular weight excluding hydrogens is 304 g/mol. The maximum atomic E-state index is 12.5. The molecule has 2 saturated heterocycles. The first-order valence-electron chi connectivity index (χ1n) is 8.71. The Morgan fingerprint density at radius 3 is 2.75 bits per heavy atom. The van der Waals surface area contributed by atoms with E-state index >= 15 is 0 Å². The third-order valence-electron chi connectivity index (χ3n) is 5.61. The highest BCUT2D eigenvalue weighted by Gasteiger charge is 2.43. The van der Waals surface area contributed by atoms with Gasteiger partial charge in [0.25, 0.3) is 5.91 Å². The molecule has 2 fully saturated rings. The van der Waals surface area contributed by atoms with Gasteiger partial charge in [-0.1, -0.05) is 0 Å². The molecule has 4 rings (SSSR count). The van der Waals surface area contributed by atoms with Gasteiger partial charge in [-0.05, 0) is 44.4 Å². The summed E-state index contributed by atoms with van der Waals surface area (Å²) in [6.07, 6.45) is 9.66. The second-order valence-corrected chi connectivity index (χ2v) is 7.03. The van der Waals surface area contributed by atoms with Crippen molar-refractivity contribution >= 4 is 5.91 Å². The zero-order chi connectivity index (χ0) is 16.6. The van der Waals surface area contributed by atoms with Gasteiger partial charge in [0.1, 0.15) is 6.26 Å². The van der Waals surface area contributed by atoms with Gasteiger partial charge in [0.05, 0.1) is 17.5 Å². The summed E-state index contributed by atoms with van der Waals surface area (Å²) >= 11 is 0. The molecule has 0 saturated carbocycles. The standard InChI is InChI=1S/C18H24N4O2/c1-20-9-3-16(19-20)13-22-8-2-5-18(22)6-10-21(11-7-18)17(23)15-4-12-24-14-15/h3-4,9,12,14H,2,5-8,10-11,13H2,1H3. The topological polar surface area (TPSA) is 54.5 Å². The number of rotatable bonds is 3. The second-order valence-electron chi connectivity index (χ2n) is 7.03. The van der Waals surface area contributed by atoms with Gasteiger partial charge in [0, 0.05) is 38.4 Å². The number of amides is 1. The number of likely N-dealkylation sites (tertiary alicyclic amines) is 2. The molecule has 2 aliphatic rings. The van der Waals surface area contributed by atoms with Gasteiger partial charge in [-0.2, -0.15) is 5.10 Å². The molecule has 2 aromatic heterocycles. The summed E-state index contributed by atoms with van der Waals surface area (Å²) in [6.45, 7) is 3.69. The average molecular weight is 328 g/mol. The quantitative estimate of drug-likeness (QED) is 0.867.